The van der Waals surface area contributed by atoms with Crippen LogP contribution in [-0.2, 0) is 14.9 Å². The van der Waals surface area contributed by atoms with Crippen LogP contribution in [0.15, 0.2) is 0 Å². The molecule has 0 aliphatic carbocycles. The van der Waals surface area contributed by atoms with Crippen LogP contribution >= 0.6 is 0 Å². The van der Waals surface area contributed by atoms with Crippen LogP contribution in [0.1, 0.15) is 13.8 Å². The van der Waals surface area contributed by atoms with E-state index in [0.717, 1.165) is 0 Å². The number of nitrogens with zero attached hydrogens (tertiary/aromatic N) is 2. The van der Waals surface area contributed by atoms with E-state index in [4.69, 9.17) is 10.5 Å². The van der Waals surface area contributed by atoms with Gasteiger partial charge in [0.15, 0.2) is 0 Å². The van der Waals surface area contributed by atoms with Crippen molar-refractivity contribution in [1.82, 2.24) is 8.61 Å². The minimum absolute atomic E-state index is 0.0636. The highest BCUT2D eigenvalue weighted by Crippen LogP contribution is 2.16. The summed E-state index contributed by atoms with van der Waals surface area (Å²) < 4.78 is 32.5. The molecule has 96 valence electrons. The van der Waals surface area contributed by atoms with Gasteiger partial charge in [-0.05, 0) is 13.8 Å². The Labute approximate surface area is 97.5 Å². The van der Waals surface area contributed by atoms with Crippen LogP contribution in [-0.4, -0.2) is 62.5 Å². The Balaban J connectivity index is 2.88. The zero-order valence-corrected chi connectivity index (χ0v) is 10.9. The van der Waals surface area contributed by atoms with Crippen LogP contribution in [0, 0.1) is 0 Å². The van der Waals surface area contributed by atoms with Crippen molar-refractivity contribution >= 4 is 10.2 Å². The summed E-state index contributed by atoms with van der Waals surface area (Å²) in [6.07, 6.45) is 0. The summed E-state index contributed by atoms with van der Waals surface area (Å²) >= 11 is 0. The third kappa shape index (κ3) is 2.72. The second kappa shape index (κ2) is 5.42. The van der Waals surface area contributed by atoms with Gasteiger partial charge in [0.1, 0.15) is 0 Å². The highest BCUT2D eigenvalue weighted by atomic mass is 32.2. The van der Waals surface area contributed by atoms with Crippen molar-refractivity contribution in [2.75, 3.05) is 33.4 Å². The van der Waals surface area contributed by atoms with Gasteiger partial charge in [0, 0.05) is 26.2 Å². The summed E-state index contributed by atoms with van der Waals surface area (Å²) in [6.45, 7) is 5.15. The molecule has 0 amide bonds. The van der Waals surface area contributed by atoms with Gasteiger partial charge in [0.25, 0.3) is 10.2 Å². The van der Waals surface area contributed by atoms with Crippen molar-refractivity contribution in [1.29, 1.82) is 0 Å². The van der Waals surface area contributed by atoms with E-state index in [1.807, 2.05) is 13.8 Å². The largest absolute Gasteiger partial charge is 0.378 e. The normalized spacial score (nSPS) is 24.2. The van der Waals surface area contributed by atoms with Crippen molar-refractivity contribution < 1.29 is 13.2 Å². The molecule has 1 aliphatic rings. The Morgan fingerprint density at radius 2 is 2.19 bits per heavy atom. The lowest BCUT2D eigenvalue weighted by Gasteiger charge is -2.37. The molecule has 0 aromatic carbocycles. The maximum atomic E-state index is 12.2. The lowest BCUT2D eigenvalue weighted by Crippen LogP contribution is -2.56. The van der Waals surface area contributed by atoms with E-state index in [2.05, 4.69) is 0 Å². The van der Waals surface area contributed by atoms with Crippen LogP contribution < -0.4 is 5.73 Å². The van der Waals surface area contributed by atoms with Gasteiger partial charge in [-0.3, -0.25) is 0 Å². The molecule has 2 N–H and O–H groups in total. The molecule has 0 aromatic heterocycles. The Bertz CT molecular complexity index is 318. The smallest absolute Gasteiger partial charge is 0.282 e. The fourth-order valence-corrected chi connectivity index (χ4v) is 3.25. The van der Waals surface area contributed by atoms with Gasteiger partial charge < -0.3 is 10.5 Å². The molecule has 1 heterocycles. The molecule has 1 fully saturated rings. The minimum atomic E-state index is -3.42. The Morgan fingerprint density at radius 1 is 1.56 bits per heavy atom. The topological polar surface area (TPSA) is 75.9 Å². The van der Waals surface area contributed by atoms with Gasteiger partial charge in [0.05, 0.1) is 19.3 Å². The van der Waals surface area contributed by atoms with Gasteiger partial charge in [-0.2, -0.15) is 17.0 Å². The van der Waals surface area contributed by atoms with E-state index >= 15 is 0 Å². The average molecular weight is 251 g/mol. The van der Waals surface area contributed by atoms with Gasteiger partial charge in [-0.25, -0.2) is 0 Å². The predicted molar refractivity (Wildman–Crippen MR) is 62.2 cm³/mol. The van der Waals surface area contributed by atoms with E-state index in [1.165, 1.54) is 8.61 Å². The fourth-order valence-electron chi connectivity index (χ4n) is 1.56. The number of nitrogens with two attached hydrogens (primary N) is 1. The Morgan fingerprint density at radius 3 is 2.69 bits per heavy atom. The molecule has 1 atom stereocenters. The summed E-state index contributed by atoms with van der Waals surface area (Å²) in [6, 6.07) is -0.314. The van der Waals surface area contributed by atoms with Crippen molar-refractivity contribution in [2.45, 2.75) is 25.9 Å². The lowest BCUT2D eigenvalue weighted by atomic mass is 10.3. The zero-order chi connectivity index (χ0) is 12.3. The predicted octanol–water partition coefficient (Wildman–Crippen LogP) is -0.769. The van der Waals surface area contributed by atoms with Gasteiger partial charge >= 0.3 is 0 Å². The molecule has 1 aliphatic heterocycles. The summed E-state index contributed by atoms with van der Waals surface area (Å²) in [5.74, 6) is 0. The molecule has 0 saturated carbocycles. The first-order valence-corrected chi connectivity index (χ1v) is 6.83. The molecule has 1 saturated heterocycles. The van der Waals surface area contributed by atoms with Gasteiger partial charge in [-0.15, -0.1) is 0 Å². The van der Waals surface area contributed by atoms with Crippen LogP contribution in [0.4, 0.5) is 0 Å². The van der Waals surface area contributed by atoms with Crippen molar-refractivity contribution in [3.8, 4) is 0 Å². The molecule has 1 rings (SSSR count). The molecule has 0 aromatic rings. The maximum Gasteiger partial charge on any atom is 0.282 e. The van der Waals surface area contributed by atoms with Crippen molar-refractivity contribution in [2.24, 2.45) is 5.73 Å². The molecule has 0 bridgehead atoms. The van der Waals surface area contributed by atoms with Crippen LogP contribution in [0.2, 0.25) is 0 Å². The molecule has 6 nitrogen and oxygen atoms in total. The third-order valence-corrected chi connectivity index (χ3v) is 5.06. The molecule has 1 unspecified atom stereocenters. The summed E-state index contributed by atoms with van der Waals surface area (Å²) in [4.78, 5) is 0. The quantitative estimate of drug-likeness (QED) is 0.712. The lowest BCUT2D eigenvalue weighted by molar-refractivity contribution is 0.0329. The highest BCUT2D eigenvalue weighted by Gasteiger charge is 2.35. The monoisotopic (exact) mass is 251 g/mol. The van der Waals surface area contributed by atoms with Crippen molar-refractivity contribution in [3.63, 3.8) is 0 Å². The molecule has 7 heteroatoms. The molecule has 0 spiro atoms. The summed E-state index contributed by atoms with van der Waals surface area (Å²) in [5.41, 5.74) is 5.56. The van der Waals surface area contributed by atoms with E-state index in [9.17, 15) is 8.42 Å². The zero-order valence-electron chi connectivity index (χ0n) is 10.1. The molecular formula is C9H21N3O3S. The molecular weight excluding hydrogens is 230 g/mol. The first-order chi connectivity index (χ1) is 7.41. The van der Waals surface area contributed by atoms with E-state index in [1.54, 1.807) is 7.05 Å². The SMILES string of the molecule is CC(C)N(C)S(=O)(=O)N1CCOCC1CN. The number of rotatable bonds is 4. The standard InChI is InChI=1S/C9H21N3O3S/c1-8(2)11(3)16(13,14)12-4-5-15-7-9(12)6-10/h8-9H,4-7,10H2,1-3H3. The fraction of sp³-hybridized carbons (Fsp3) is 1.00. The van der Waals surface area contributed by atoms with Crippen molar-refractivity contribution in [3.05, 3.63) is 0 Å². The van der Waals surface area contributed by atoms with Crippen LogP contribution in [0.5, 0.6) is 0 Å². The number of hydrogen-bond donors (Lipinski definition) is 1. The van der Waals surface area contributed by atoms with Gasteiger partial charge in [0.2, 0.25) is 0 Å². The van der Waals surface area contributed by atoms with E-state index < -0.39 is 10.2 Å². The number of hydrogen-bond acceptors (Lipinski definition) is 4. The third-order valence-electron chi connectivity index (χ3n) is 2.83. The first kappa shape index (κ1) is 13.9. The Kier molecular flexibility index (Phi) is 4.69. The molecule has 0 radical (unpaired) electrons. The van der Waals surface area contributed by atoms with E-state index in [-0.39, 0.29) is 18.6 Å². The maximum absolute atomic E-state index is 12.2. The summed E-state index contributed by atoms with van der Waals surface area (Å²) in [7, 11) is -1.83. The average Bonchev–Trinajstić information content (AvgIpc) is 2.27. The first-order valence-electron chi connectivity index (χ1n) is 5.44. The number of ether oxygens (including phenoxy) is 1. The number of morpholine rings is 1. The van der Waals surface area contributed by atoms with Crippen LogP contribution in [0.25, 0.3) is 0 Å². The highest BCUT2D eigenvalue weighted by molar-refractivity contribution is 7.86. The van der Waals surface area contributed by atoms with Crippen LogP contribution in [0.3, 0.4) is 0 Å². The van der Waals surface area contributed by atoms with E-state index in [0.29, 0.717) is 19.8 Å². The second-order valence-electron chi connectivity index (χ2n) is 4.19. The molecule has 16 heavy (non-hydrogen) atoms. The van der Waals surface area contributed by atoms with Gasteiger partial charge in [-0.1, -0.05) is 0 Å². The second-order valence-corrected chi connectivity index (χ2v) is 6.13. The summed E-state index contributed by atoms with van der Waals surface area (Å²) in [5, 5.41) is 0. The Hall–Kier alpha value is -0.210. The minimum Gasteiger partial charge on any atom is -0.378 e.